The van der Waals surface area contributed by atoms with Crippen LogP contribution in [-0.2, 0) is 12.3 Å². The molecule has 5 rings (SSSR count). The number of carbonyl (C=O) groups is 1. The SMILES string of the molecule is Cc1ccccc1Cn1c(SCc2ccc(C(=O)NC[C@@H](C)c3ccccc3)cc2)nc2ccncc21. The molecule has 5 nitrogen and oxygen atoms in total. The molecule has 0 radical (unpaired) electrons. The van der Waals surface area contributed by atoms with E-state index in [9.17, 15) is 4.79 Å². The fraction of sp³-hybridized carbons (Fsp3) is 0.194. The number of benzene rings is 3. The van der Waals surface area contributed by atoms with Gasteiger partial charge in [-0.25, -0.2) is 4.98 Å². The van der Waals surface area contributed by atoms with Crippen LogP contribution in [-0.4, -0.2) is 27.0 Å². The van der Waals surface area contributed by atoms with Crippen LogP contribution < -0.4 is 5.32 Å². The summed E-state index contributed by atoms with van der Waals surface area (Å²) in [4.78, 5) is 21.9. The summed E-state index contributed by atoms with van der Waals surface area (Å²) in [5.74, 6) is 0.974. The van der Waals surface area contributed by atoms with Crippen molar-refractivity contribution in [2.24, 2.45) is 0 Å². The molecule has 0 saturated carbocycles. The van der Waals surface area contributed by atoms with E-state index in [1.807, 2.05) is 54.7 Å². The summed E-state index contributed by atoms with van der Waals surface area (Å²) in [6, 6.07) is 28.5. The van der Waals surface area contributed by atoms with E-state index in [1.165, 1.54) is 16.7 Å². The molecule has 2 heterocycles. The summed E-state index contributed by atoms with van der Waals surface area (Å²) in [7, 11) is 0. The Bertz CT molecular complexity index is 1500. The van der Waals surface area contributed by atoms with Crippen LogP contribution >= 0.6 is 11.8 Å². The quantitative estimate of drug-likeness (QED) is 0.228. The number of hydrogen-bond acceptors (Lipinski definition) is 4. The molecule has 3 aromatic carbocycles. The van der Waals surface area contributed by atoms with Crippen LogP contribution in [0.4, 0.5) is 0 Å². The van der Waals surface area contributed by atoms with E-state index in [2.05, 4.69) is 65.1 Å². The number of fused-ring (bicyclic) bond motifs is 1. The van der Waals surface area contributed by atoms with Gasteiger partial charge in [-0.15, -0.1) is 0 Å². The highest BCUT2D eigenvalue weighted by Crippen LogP contribution is 2.28. The van der Waals surface area contributed by atoms with Gasteiger partial charge in [0.2, 0.25) is 0 Å². The van der Waals surface area contributed by atoms with E-state index in [4.69, 9.17) is 4.98 Å². The summed E-state index contributed by atoms with van der Waals surface area (Å²) in [6.45, 7) is 5.61. The van der Waals surface area contributed by atoms with Crippen molar-refractivity contribution in [1.29, 1.82) is 0 Å². The molecule has 0 spiro atoms. The lowest BCUT2D eigenvalue weighted by atomic mass is 10.0. The zero-order valence-electron chi connectivity index (χ0n) is 21.1. The van der Waals surface area contributed by atoms with Gasteiger partial charge in [0.1, 0.15) is 0 Å². The monoisotopic (exact) mass is 506 g/mol. The zero-order valence-corrected chi connectivity index (χ0v) is 21.9. The third-order valence-electron chi connectivity index (χ3n) is 6.63. The molecule has 0 aliphatic heterocycles. The highest BCUT2D eigenvalue weighted by Gasteiger charge is 2.14. The number of pyridine rings is 1. The molecule has 1 amide bonds. The Balaban J connectivity index is 1.24. The van der Waals surface area contributed by atoms with Crippen molar-refractivity contribution in [2.45, 2.75) is 37.2 Å². The number of rotatable bonds is 9. The maximum absolute atomic E-state index is 12.7. The first-order valence-corrected chi connectivity index (χ1v) is 13.5. The van der Waals surface area contributed by atoms with E-state index in [0.29, 0.717) is 12.1 Å². The van der Waals surface area contributed by atoms with Crippen LogP contribution in [0.2, 0.25) is 0 Å². The highest BCUT2D eigenvalue weighted by atomic mass is 32.2. The van der Waals surface area contributed by atoms with Gasteiger partial charge in [0.25, 0.3) is 5.91 Å². The van der Waals surface area contributed by atoms with Gasteiger partial charge in [-0.1, -0.05) is 85.4 Å². The standard InChI is InChI=1S/C31H30N4OS/c1-22-8-6-7-11-27(22)20-35-29-19-32-17-16-28(29)34-31(35)37-21-24-12-14-26(15-13-24)30(36)33-18-23(2)25-9-4-3-5-10-25/h3-17,19,23H,18,20-21H2,1-2H3,(H,33,36)/t23-/m1/s1. The predicted octanol–water partition coefficient (Wildman–Crippen LogP) is 6.61. The second kappa shape index (κ2) is 11.4. The van der Waals surface area contributed by atoms with Crippen molar-refractivity contribution in [3.63, 3.8) is 0 Å². The van der Waals surface area contributed by atoms with Crippen LogP contribution in [0, 0.1) is 6.92 Å². The zero-order chi connectivity index (χ0) is 25.6. The Morgan fingerprint density at radius 2 is 1.73 bits per heavy atom. The molecule has 5 aromatic rings. The van der Waals surface area contributed by atoms with Gasteiger partial charge in [0.15, 0.2) is 5.16 Å². The molecule has 1 N–H and O–H groups in total. The summed E-state index contributed by atoms with van der Waals surface area (Å²) in [5, 5.41) is 4.02. The first-order chi connectivity index (χ1) is 18.1. The Morgan fingerprint density at radius 1 is 0.973 bits per heavy atom. The van der Waals surface area contributed by atoms with E-state index in [1.54, 1.807) is 18.0 Å². The summed E-state index contributed by atoms with van der Waals surface area (Å²) in [6.07, 6.45) is 3.67. The van der Waals surface area contributed by atoms with Crippen molar-refractivity contribution in [1.82, 2.24) is 19.9 Å². The normalized spacial score (nSPS) is 11.9. The van der Waals surface area contributed by atoms with Crippen LogP contribution in [0.5, 0.6) is 0 Å². The molecule has 0 aliphatic rings. The lowest BCUT2D eigenvalue weighted by Gasteiger charge is -2.13. The lowest BCUT2D eigenvalue weighted by molar-refractivity contribution is 0.0951. The minimum atomic E-state index is -0.0468. The van der Waals surface area contributed by atoms with Crippen molar-refractivity contribution >= 4 is 28.7 Å². The van der Waals surface area contributed by atoms with Crippen LogP contribution in [0.25, 0.3) is 11.0 Å². The third kappa shape index (κ3) is 5.92. The average Bonchev–Trinajstić information content (AvgIpc) is 3.29. The van der Waals surface area contributed by atoms with Crippen LogP contribution in [0.15, 0.2) is 102 Å². The molecule has 0 aliphatic carbocycles. The van der Waals surface area contributed by atoms with E-state index in [-0.39, 0.29) is 11.8 Å². The Labute approximate surface area is 222 Å². The Morgan fingerprint density at radius 3 is 2.51 bits per heavy atom. The number of hydrogen-bond donors (Lipinski definition) is 1. The topological polar surface area (TPSA) is 59.8 Å². The molecule has 0 saturated heterocycles. The molecule has 6 heteroatoms. The van der Waals surface area contributed by atoms with Gasteiger partial charge < -0.3 is 9.88 Å². The second-order valence-electron chi connectivity index (χ2n) is 9.28. The second-order valence-corrected chi connectivity index (χ2v) is 10.2. The number of nitrogens with zero attached hydrogens (tertiary/aromatic N) is 3. The highest BCUT2D eigenvalue weighted by molar-refractivity contribution is 7.98. The molecule has 2 aromatic heterocycles. The van der Waals surface area contributed by atoms with E-state index < -0.39 is 0 Å². The van der Waals surface area contributed by atoms with Gasteiger partial charge in [-0.05, 0) is 53.3 Å². The molecule has 186 valence electrons. The molecular weight excluding hydrogens is 476 g/mol. The first kappa shape index (κ1) is 24.8. The van der Waals surface area contributed by atoms with Crippen molar-refractivity contribution in [3.8, 4) is 0 Å². The molecular formula is C31H30N4OS. The fourth-order valence-corrected chi connectivity index (χ4v) is 5.29. The van der Waals surface area contributed by atoms with Crippen LogP contribution in [0.3, 0.4) is 0 Å². The minimum Gasteiger partial charge on any atom is -0.351 e. The number of imidazole rings is 1. The van der Waals surface area contributed by atoms with Crippen molar-refractivity contribution < 1.29 is 4.79 Å². The molecule has 37 heavy (non-hydrogen) atoms. The largest absolute Gasteiger partial charge is 0.351 e. The van der Waals surface area contributed by atoms with E-state index >= 15 is 0 Å². The van der Waals surface area contributed by atoms with Gasteiger partial charge in [-0.2, -0.15) is 0 Å². The molecule has 0 unspecified atom stereocenters. The Hall–Kier alpha value is -3.90. The number of amides is 1. The summed E-state index contributed by atoms with van der Waals surface area (Å²) >= 11 is 1.70. The molecule has 1 atom stereocenters. The first-order valence-electron chi connectivity index (χ1n) is 12.5. The average molecular weight is 507 g/mol. The predicted molar refractivity (Wildman–Crippen MR) is 151 cm³/mol. The summed E-state index contributed by atoms with van der Waals surface area (Å²) in [5.41, 5.74) is 7.55. The number of aryl methyl sites for hydroxylation is 1. The number of carbonyl (C=O) groups excluding carboxylic acids is 1. The van der Waals surface area contributed by atoms with Crippen molar-refractivity contribution in [3.05, 3.63) is 125 Å². The summed E-state index contributed by atoms with van der Waals surface area (Å²) < 4.78 is 2.24. The van der Waals surface area contributed by atoms with Gasteiger partial charge in [-0.3, -0.25) is 9.78 Å². The van der Waals surface area contributed by atoms with Crippen molar-refractivity contribution in [2.75, 3.05) is 6.54 Å². The lowest BCUT2D eigenvalue weighted by Crippen LogP contribution is -2.27. The maximum Gasteiger partial charge on any atom is 0.251 e. The third-order valence-corrected chi connectivity index (χ3v) is 7.67. The smallest absolute Gasteiger partial charge is 0.251 e. The number of nitrogens with one attached hydrogen (secondary N) is 1. The van der Waals surface area contributed by atoms with E-state index in [0.717, 1.165) is 34.1 Å². The minimum absolute atomic E-state index is 0.0468. The fourth-order valence-electron chi connectivity index (χ4n) is 4.32. The Kier molecular flexibility index (Phi) is 7.66. The maximum atomic E-state index is 12.7. The van der Waals surface area contributed by atoms with Gasteiger partial charge >= 0.3 is 0 Å². The van der Waals surface area contributed by atoms with Gasteiger partial charge in [0.05, 0.1) is 23.8 Å². The molecule has 0 bridgehead atoms. The number of thioether (sulfide) groups is 1. The van der Waals surface area contributed by atoms with Gasteiger partial charge in [0, 0.05) is 24.1 Å². The number of aromatic nitrogens is 3. The molecule has 0 fully saturated rings. The van der Waals surface area contributed by atoms with Crippen LogP contribution in [0.1, 0.15) is 45.5 Å².